The number of hydrogen-bond donors (Lipinski definition) is 1. The molecule has 1 fully saturated rings. The molecule has 82 valence electrons. The second-order valence-electron chi connectivity index (χ2n) is 4.35. The zero-order valence-corrected chi connectivity index (χ0v) is 8.84. The highest BCUT2D eigenvalue weighted by Gasteiger charge is 2.36. The molecule has 14 heavy (non-hydrogen) atoms. The zero-order valence-electron chi connectivity index (χ0n) is 8.84. The molecule has 1 aliphatic rings. The molecule has 2 heteroatoms. The highest BCUT2D eigenvalue weighted by molar-refractivity contribution is 4.93. The van der Waals surface area contributed by atoms with Crippen molar-refractivity contribution >= 4 is 0 Å². The smallest absolute Gasteiger partial charge is 0.140 e. The van der Waals surface area contributed by atoms with E-state index in [-0.39, 0.29) is 6.42 Å². The summed E-state index contributed by atoms with van der Waals surface area (Å²) in [7, 11) is 0. The van der Waals surface area contributed by atoms with Crippen LogP contribution in [0.1, 0.15) is 51.4 Å². The van der Waals surface area contributed by atoms with Crippen molar-refractivity contribution in [1.82, 2.24) is 0 Å². The lowest BCUT2D eigenvalue weighted by molar-refractivity contribution is -0.0187. The Balaban J connectivity index is 2.60. The van der Waals surface area contributed by atoms with Crippen LogP contribution in [0.15, 0.2) is 12.7 Å². The predicted molar refractivity (Wildman–Crippen MR) is 57.0 cm³/mol. The first-order chi connectivity index (χ1) is 6.69. The maximum absolute atomic E-state index is 14.3. The van der Waals surface area contributed by atoms with Crippen molar-refractivity contribution in [3.63, 3.8) is 0 Å². The fraction of sp³-hybridized carbons (Fsp3) is 0.833. The Morgan fingerprint density at radius 3 is 2.64 bits per heavy atom. The molecule has 1 N–H and O–H groups in total. The molecule has 0 heterocycles. The van der Waals surface area contributed by atoms with Gasteiger partial charge in [0, 0.05) is 6.42 Å². The molecular weight excluding hydrogens is 179 g/mol. The number of allylic oxidation sites excluding steroid dienone is 1. The Kier molecular flexibility index (Phi) is 4.59. The maximum atomic E-state index is 14.3. The van der Waals surface area contributed by atoms with Gasteiger partial charge in [0.15, 0.2) is 0 Å². The van der Waals surface area contributed by atoms with Gasteiger partial charge < -0.3 is 5.11 Å². The third-order valence-electron chi connectivity index (χ3n) is 3.15. The van der Waals surface area contributed by atoms with Crippen molar-refractivity contribution in [2.45, 2.75) is 63.1 Å². The van der Waals surface area contributed by atoms with E-state index in [9.17, 15) is 9.50 Å². The van der Waals surface area contributed by atoms with Crippen molar-refractivity contribution in [1.29, 1.82) is 0 Å². The lowest BCUT2D eigenvalue weighted by Gasteiger charge is -2.29. The van der Waals surface area contributed by atoms with Crippen molar-refractivity contribution in [3.8, 4) is 0 Å². The van der Waals surface area contributed by atoms with Crippen LogP contribution in [0.4, 0.5) is 4.39 Å². The first-order valence-electron chi connectivity index (χ1n) is 5.67. The summed E-state index contributed by atoms with van der Waals surface area (Å²) in [5.41, 5.74) is -1.41. The second kappa shape index (κ2) is 5.50. The van der Waals surface area contributed by atoms with Gasteiger partial charge in [0.2, 0.25) is 0 Å². The van der Waals surface area contributed by atoms with E-state index in [1.807, 2.05) is 0 Å². The van der Waals surface area contributed by atoms with Crippen LogP contribution in [0.5, 0.6) is 0 Å². The minimum absolute atomic E-state index is 0.286. The molecule has 0 amide bonds. The van der Waals surface area contributed by atoms with E-state index in [1.165, 1.54) is 6.42 Å². The summed E-state index contributed by atoms with van der Waals surface area (Å²) in [6, 6.07) is 0. The standard InChI is InChI=1S/C12H21FO/c1-2-9-12(13)10-7-5-3-4-6-8-11(12)14/h2,11,14H,1,3-10H2. The van der Waals surface area contributed by atoms with Gasteiger partial charge in [-0.25, -0.2) is 4.39 Å². The molecule has 1 nitrogen and oxygen atoms in total. The maximum Gasteiger partial charge on any atom is 0.140 e. The lowest BCUT2D eigenvalue weighted by atomic mass is 9.87. The molecule has 1 aliphatic carbocycles. The number of hydrogen-bond acceptors (Lipinski definition) is 1. The summed E-state index contributed by atoms with van der Waals surface area (Å²) < 4.78 is 14.3. The highest BCUT2D eigenvalue weighted by atomic mass is 19.1. The summed E-state index contributed by atoms with van der Waals surface area (Å²) in [4.78, 5) is 0. The molecule has 1 saturated carbocycles. The molecule has 2 unspecified atom stereocenters. The first kappa shape index (κ1) is 11.7. The van der Waals surface area contributed by atoms with Gasteiger partial charge in [-0.15, -0.1) is 6.58 Å². The van der Waals surface area contributed by atoms with Crippen LogP contribution < -0.4 is 0 Å². The Morgan fingerprint density at radius 2 is 1.93 bits per heavy atom. The van der Waals surface area contributed by atoms with Gasteiger partial charge in [-0.1, -0.05) is 38.2 Å². The van der Waals surface area contributed by atoms with E-state index < -0.39 is 11.8 Å². The van der Waals surface area contributed by atoms with Gasteiger partial charge in [0.05, 0.1) is 6.10 Å². The normalized spacial score (nSPS) is 35.4. The van der Waals surface area contributed by atoms with E-state index in [2.05, 4.69) is 6.58 Å². The van der Waals surface area contributed by atoms with Crippen molar-refractivity contribution in [2.24, 2.45) is 0 Å². The third kappa shape index (κ3) is 3.09. The van der Waals surface area contributed by atoms with Crippen LogP contribution in [-0.2, 0) is 0 Å². The first-order valence-corrected chi connectivity index (χ1v) is 5.67. The van der Waals surface area contributed by atoms with Gasteiger partial charge in [0.1, 0.15) is 5.67 Å². The van der Waals surface area contributed by atoms with E-state index in [0.29, 0.717) is 12.8 Å². The van der Waals surface area contributed by atoms with E-state index >= 15 is 0 Å². The molecule has 0 aromatic carbocycles. The SMILES string of the molecule is C=CCC1(F)CCCCCCCC1O. The fourth-order valence-electron chi connectivity index (χ4n) is 2.19. The number of rotatable bonds is 2. The molecule has 1 rings (SSSR count). The summed E-state index contributed by atoms with van der Waals surface area (Å²) >= 11 is 0. The van der Waals surface area contributed by atoms with E-state index in [0.717, 1.165) is 25.7 Å². The monoisotopic (exact) mass is 200 g/mol. The average molecular weight is 200 g/mol. The summed E-state index contributed by atoms with van der Waals surface area (Å²) in [6.45, 7) is 3.56. The molecule has 0 bridgehead atoms. The van der Waals surface area contributed by atoms with Crippen LogP contribution in [0.3, 0.4) is 0 Å². The van der Waals surface area contributed by atoms with E-state index in [1.54, 1.807) is 6.08 Å². The van der Waals surface area contributed by atoms with Crippen molar-refractivity contribution in [2.75, 3.05) is 0 Å². The number of aliphatic hydroxyl groups is 1. The van der Waals surface area contributed by atoms with Crippen molar-refractivity contribution in [3.05, 3.63) is 12.7 Å². The minimum atomic E-state index is -1.41. The largest absolute Gasteiger partial charge is 0.390 e. The van der Waals surface area contributed by atoms with Crippen LogP contribution in [0, 0.1) is 0 Å². The van der Waals surface area contributed by atoms with Crippen LogP contribution in [0.25, 0.3) is 0 Å². The molecule has 0 spiro atoms. The number of alkyl halides is 1. The van der Waals surface area contributed by atoms with Gasteiger partial charge >= 0.3 is 0 Å². The summed E-state index contributed by atoms with van der Waals surface area (Å²) in [6.07, 6.45) is 7.40. The van der Waals surface area contributed by atoms with Gasteiger partial charge in [0.25, 0.3) is 0 Å². The Bertz CT molecular complexity index is 181. The lowest BCUT2D eigenvalue weighted by Crippen LogP contribution is -2.37. The molecule has 0 aromatic rings. The third-order valence-corrected chi connectivity index (χ3v) is 3.15. The fourth-order valence-corrected chi connectivity index (χ4v) is 2.19. The topological polar surface area (TPSA) is 20.2 Å². The average Bonchev–Trinajstić information content (AvgIpc) is 2.22. The molecule has 0 aromatic heterocycles. The highest BCUT2D eigenvalue weighted by Crippen LogP contribution is 2.32. The van der Waals surface area contributed by atoms with E-state index in [4.69, 9.17) is 0 Å². The van der Waals surface area contributed by atoms with Gasteiger partial charge in [-0.2, -0.15) is 0 Å². The second-order valence-corrected chi connectivity index (χ2v) is 4.35. The van der Waals surface area contributed by atoms with Crippen LogP contribution in [0.2, 0.25) is 0 Å². The minimum Gasteiger partial charge on any atom is -0.390 e. The molecule has 2 atom stereocenters. The number of aliphatic hydroxyl groups excluding tert-OH is 1. The Labute approximate surface area is 86.0 Å². The molecule has 0 saturated heterocycles. The number of halogens is 1. The summed E-state index contributed by atoms with van der Waals surface area (Å²) in [5.74, 6) is 0. The van der Waals surface area contributed by atoms with Crippen LogP contribution >= 0.6 is 0 Å². The van der Waals surface area contributed by atoms with Crippen LogP contribution in [-0.4, -0.2) is 16.9 Å². The predicted octanol–water partition coefficient (Wildman–Crippen LogP) is 3.38. The quantitative estimate of drug-likeness (QED) is 0.677. The zero-order chi connectivity index (χ0) is 10.4. The molecule has 0 aliphatic heterocycles. The van der Waals surface area contributed by atoms with Crippen molar-refractivity contribution < 1.29 is 9.50 Å². The Hall–Kier alpha value is -0.370. The van der Waals surface area contributed by atoms with Gasteiger partial charge in [-0.3, -0.25) is 0 Å². The van der Waals surface area contributed by atoms with Gasteiger partial charge in [-0.05, 0) is 12.8 Å². The molecular formula is C12H21FO. The Morgan fingerprint density at radius 1 is 1.29 bits per heavy atom. The molecule has 0 radical (unpaired) electrons. The summed E-state index contributed by atoms with van der Waals surface area (Å²) in [5, 5.41) is 9.77.